The third-order valence-corrected chi connectivity index (χ3v) is 4.56. The Morgan fingerprint density at radius 2 is 1.77 bits per heavy atom. The maximum Gasteiger partial charge on any atom is 0.224 e. The molecule has 0 heterocycles. The number of nitrogens with zero attached hydrogens (tertiary/aromatic N) is 2. The fraction of sp³-hybridized carbons (Fsp3) is 0.304. The second kappa shape index (κ2) is 11.2. The predicted octanol–water partition coefficient (Wildman–Crippen LogP) is 3.76. The first kappa shape index (κ1) is 22.4. The summed E-state index contributed by atoms with van der Waals surface area (Å²) in [6.45, 7) is 0. The molecule has 30 heavy (non-hydrogen) atoms. The minimum Gasteiger partial charge on any atom is -0.497 e. The van der Waals surface area contributed by atoms with E-state index in [1.165, 1.54) is 14.2 Å². The molecule has 0 aliphatic heterocycles. The van der Waals surface area contributed by atoms with Crippen molar-refractivity contribution >= 4 is 17.4 Å². The van der Waals surface area contributed by atoms with Gasteiger partial charge >= 0.3 is 0 Å². The monoisotopic (exact) mass is 405 g/mol. The summed E-state index contributed by atoms with van der Waals surface area (Å²) in [5.41, 5.74) is 1.91. The van der Waals surface area contributed by atoms with Gasteiger partial charge < -0.3 is 14.8 Å². The molecule has 0 radical (unpaired) electrons. The molecule has 1 amide bonds. The molecule has 0 fully saturated rings. The van der Waals surface area contributed by atoms with Gasteiger partial charge in [0.15, 0.2) is 5.78 Å². The van der Waals surface area contributed by atoms with E-state index >= 15 is 0 Å². The molecule has 2 rings (SSSR count). The van der Waals surface area contributed by atoms with Crippen LogP contribution in [0, 0.1) is 22.7 Å². The molecule has 7 nitrogen and oxygen atoms in total. The van der Waals surface area contributed by atoms with Gasteiger partial charge in [0.1, 0.15) is 17.4 Å². The third-order valence-electron chi connectivity index (χ3n) is 4.56. The van der Waals surface area contributed by atoms with Crippen molar-refractivity contribution in [3.05, 3.63) is 53.6 Å². The molecule has 0 aliphatic carbocycles. The molecule has 0 bridgehead atoms. The molecule has 154 valence electrons. The van der Waals surface area contributed by atoms with E-state index in [9.17, 15) is 14.9 Å². The van der Waals surface area contributed by atoms with Crippen LogP contribution in [0.25, 0.3) is 0 Å². The van der Waals surface area contributed by atoms with E-state index in [-0.39, 0.29) is 31.0 Å². The van der Waals surface area contributed by atoms with Gasteiger partial charge in [-0.15, -0.1) is 0 Å². The SMILES string of the molecule is COc1ccc(OC)c(NC(=O)CCCC(=O)[C@H](C#N)c2ccc(CC#N)cc2)c1. The van der Waals surface area contributed by atoms with Gasteiger partial charge in [-0.3, -0.25) is 9.59 Å². The maximum atomic E-state index is 12.5. The van der Waals surface area contributed by atoms with Crippen LogP contribution in [0.4, 0.5) is 5.69 Å². The lowest BCUT2D eigenvalue weighted by Crippen LogP contribution is -2.15. The van der Waals surface area contributed by atoms with Crippen LogP contribution in [-0.4, -0.2) is 25.9 Å². The average Bonchev–Trinajstić information content (AvgIpc) is 2.75. The molecule has 0 saturated heterocycles. The summed E-state index contributed by atoms with van der Waals surface area (Å²) in [6.07, 6.45) is 0.840. The lowest BCUT2D eigenvalue weighted by atomic mass is 9.92. The number of nitriles is 2. The maximum absolute atomic E-state index is 12.5. The number of Topliss-reactive ketones (excluding diaryl/α,β-unsaturated/α-hetero) is 1. The quantitative estimate of drug-likeness (QED) is 0.644. The molecular formula is C23H23N3O4. The number of anilines is 1. The van der Waals surface area contributed by atoms with E-state index in [0.29, 0.717) is 29.2 Å². The number of nitrogens with one attached hydrogen (secondary N) is 1. The largest absolute Gasteiger partial charge is 0.497 e. The van der Waals surface area contributed by atoms with Crippen molar-refractivity contribution in [3.63, 3.8) is 0 Å². The van der Waals surface area contributed by atoms with Gasteiger partial charge in [-0.2, -0.15) is 10.5 Å². The van der Waals surface area contributed by atoms with Crippen molar-refractivity contribution in [1.82, 2.24) is 0 Å². The number of rotatable bonds is 10. The van der Waals surface area contributed by atoms with Gasteiger partial charge in [-0.1, -0.05) is 24.3 Å². The Morgan fingerprint density at radius 1 is 1.03 bits per heavy atom. The van der Waals surface area contributed by atoms with Crippen molar-refractivity contribution < 1.29 is 19.1 Å². The number of benzene rings is 2. The smallest absolute Gasteiger partial charge is 0.224 e. The predicted molar refractivity (Wildman–Crippen MR) is 111 cm³/mol. The fourth-order valence-electron chi connectivity index (χ4n) is 2.94. The standard InChI is InChI=1S/C23H23N3O4/c1-29-18-10-11-22(30-2)20(14-18)26-23(28)5-3-4-21(27)19(15-25)17-8-6-16(7-9-17)12-13-24/h6-11,14,19H,3-5,12H2,1-2H3,(H,26,28)/t19-/m1/s1. The van der Waals surface area contributed by atoms with Gasteiger partial charge in [0, 0.05) is 18.9 Å². The Kier molecular flexibility index (Phi) is 8.40. The number of amides is 1. The zero-order chi connectivity index (χ0) is 21.9. The van der Waals surface area contributed by atoms with Crippen LogP contribution in [0.1, 0.15) is 36.3 Å². The van der Waals surface area contributed by atoms with E-state index in [4.69, 9.17) is 14.7 Å². The fourth-order valence-corrected chi connectivity index (χ4v) is 2.94. The van der Waals surface area contributed by atoms with Crippen LogP contribution < -0.4 is 14.8 Å². The van der Waals surface area contributed by atoms with Crippen LogP contribution in [0.5, 0.6) is 11.5 Å². The van der Waals surface area contributed by atoms with Crippen LogP contribution in [0.2, 0.25) is 0 Å². The highest BCUT2D eigenvalue weighted by Gasteiger charge is 2.20. The number of carbonyl (C=O) groups excluding carboxylic acids is 2. The lowest BCUT2D eigenvalue weighted by Gasteiger charge is -2.12. The zero-order valence-corrected chi connectivity index (χ0v) is 17.0. The molecule has 0 saturated carbocycles. The highest BCUT2D eigenvalue weighted by molar-refractivity contribution is 5.93. The molecule has 2 aromatic rings. The number of ether oxygens (including phenoxy) is 2. The number of hydrogen-bond donors (Lipinski definition) is 1. The minimum atomic E-state index is -0.886. The summed E-state index contributed by atoms with van der Waals surface area (Å²) in [5, 5.41) is 20.9. The van der Waals surface area contributed by atoms with Gasteiger partial charge in [0.25, 0.3) is 0 Å². The number of methoxy groups -OCH3 is 2. The highest BCUT2D eigenvalue weighted by atomic mass is 16.5. The first-order chi connectivity index (χ1) is 14.5. The summed E-state index contributed by atoms with van der Waals surface area (Å²) in [4.78, 5) is 24.7. The Bertz CT molecular complexity index is 971. The lowest BCUT2D eigenvalue weighted by molar-refractivity contribution is -0.119. The Hall–Kier alpha value is -3.84. The molecule has 0 unspecified atom stereocenters. The third kappa shape index (κ3) is 6.08. The Labute approximate surface area is 175 Å². The van der Waals surface area contributed by atoms with E-state index in [1.54, 1.807) is 42.5 Å². The topological polar surface area (TPSA) is 112 Å². The minimum absolute atomic E-state index is 0.112. The molecular weight excluding hydrogens is 382 g/mol. The van der Waals surface area contributed by atoms with Crippen LogP contribution in [0.15, 0.2) is 42.5 Å². The van der Waals surface area contributed by atoms with Crippen LogP contribution in [0.3, 0.4) is 0 Å². The van der Waals surface area contributed by atoms with Crippen molar-refractivity contribution in [2.75, 3.05) is 19.5 Å². The highest BCUT2D eigenvalue weighted by Crippen LogP contribution is 2.29. The first-order valence-electron chi connectivity index (χ1n) is 9.42. The second-order valence-electron chi connectivity index (χ2n) is 6.57. The van der Waals surface area contributed by atoms with Crippen LogP contribution >= 0.6 is 0 Å². The number of carbonyl (C=O) groups is 2. The summed E-state index contributed by atoms with van der Waals surface area (Å²) in [5.74, 6) is -0.299. The Balaban J connectivity index is 1.90. The van der Waals surface area contributed by atoms with Crippen molar-refractivity contribution in [3.8, 4) is 23.6 Å². The van der Waals surface area contributed by atoms with Crippen molar-refractivity contribution in [2.24, 2.45) is 0 Å². The van der Waals surface area contributed by atoms with Gasteiger partial charge in [0.05, 0.1) is 38.5 Å². The van der Waals surface area contributed by atoms with E-state index in [2.05, 4.69) is 11.4 Å². The van der Waals surface area contributed by atoms with E-state index in [1.807, 2.05) is 6.07 Å². The van der Waals surface area contributed by atoms with Gasteiger partial charge in [-0.05, 0) is 29.7 Å². The summed E-state index contributed by atoms with van der Waals surface area (Å²) in [7, 11) is 3.03. The summed E-state index contributed by atoms with van der Waals surface area (Å²) < 4.78 is 10.4. The number of ketones is 1. The van der Waals surface area contributed by atoms with Crippen molar-refractivity contribution in [1.29, 1.82) is 10.5 Å². The average molecular weight is 405 g/mol. The van der Waals surface area contributed by atoms with Crippen LogP contribution in [-0.2, 0) is 16.0 Å². The molecule has 0 aromatic heterocycles. The van der Waals surface area contributed by atoms with E-state index in [0.717, 1.165) is 5.56 Å². The molecule has 7 heteroatoms. The Morgan fingerprint density at radius 3 is 2.37 bits per heavy atom. The molecule has 0 spiro atoms. The zero-order valence-electron chi connectivity index (χ0n) is 17.0. The summed E-state index contributed by atoms with van der Waals surface area (Å²) >= 11 is 0. The molecule has 2 aromatic carbocycles. The first-order valence-corrected chi connectivity index (χ1v) is 9.42. The number of hydrogen-bond acceptors (Lipinski definition) is 6. The molecule has 1 atom stereocenters. The van der Waals surface area contributed by atoms with Gasteiger partial charge in [-0.25, -0.2) is 0 Å². The second-order valence-corrected chi connectivity index (χ2v) is 6.57. The molecule has 0 aliphatic rings. The molecule has 1 N–H and O–H groups in total. The van der Waals surface area contributed by atoms with Crippen molar-refractivity contribution in [2.45, 2.75) is 31.6 Å². The van der Waals surface area contributed by atoms with E-state index < -0.39 is 5.92 Å². The van der Waals surface area contributed by atoms with Gasteiger partial charge in [0.2, 0.25) is 5.91 Å². The normalized spacial score (nSPS) is 10.9. The summed E-state index contributed by atoms with van der Waals surface area (Å²) in [6, 6.07) is 16.0.